The lowest BCUT2D eigenvalue weighted by molar-refractivity contribution is 0.142. The maximum atomic E-state index is 3.88. The summed E-state index contributed by atoms with van der Waals surface area (Å²) in [5.41, 5.74) is 0. The summed E-state index contributed by atoms with van der Waals surface area (Å²) in [5, 5.41) is 0. The highest BCUT2D eigenvalue weighted by Crippen LogP contribution is 2.43. The van der Waals surface area contributed by atoms with E-state index in [1.54, 1.807) is 12.8 Å². The fourth-order valence-electron chi connectivity index (χ4n) is 4.67. The van der Waals surface area contributed by atoms with E-state index >= 15 is 0 Å². The number of rotatable bonds is 5. The van der Waals surface area contributed by atoms with E-state index in [2.05, 4.69) is 29.8 Å². The van der Waals surface area contributed by atoms with Gasteiger partial charge in [-0.25, -0.2) is 0 Å². The van der Waals surface area contributed by atoms with Crippen molar-refractivity contribution < 1.29 is 0 Å². The lowest BCUT2D eigenvalue weighted by atomic mass is 9.68. The summed E-state index contributed by atoms with van der Waals surface area (Å²) in [5.74, 6) is 4.21. The van der Waals surface area contributed by atoms with Crippen molar-refractivity contribution in [2.45, 2.75) is 89.3 Å². The summed E-state index contributed by atoms with van der Waals surface area (Å²) in [7, 11) is 0. The second kappa shape index (κ2) is 8.05. The highest BCUT2D eigenvalue weighted by atomic mass is 79.9. The Morgan fingerprint density at radius 3 is 1.84 bits per heavy atom. The lowest BCUT2D eigenvalue weighted by Gasteiger charge is -2.38. The molecular weight excluding hydrogens is 296 g/mol. The van der Waals surface area contributed by atoms with Crippen LogP contribution in [0.15, 0.2) is 0 Å². The van der Waals surface area contributed by atoms with Gasteiger partial charge in [-0.3, -0.25) is 0 Å². The van der Waals surface area contributed by atoms with E-state index in [1.165, 1.54) is 57.8 Å². The molecule has 1 unspecified atom stereocenters. The van der Waals surface area contributed by atoms with Crippen molar-refractivity contribution in [3.05, 3.63) is 0 Å². The van der Waals surface area contributed by atoms with E-state index in [-0.39, 0.29) is 0 Å². The first kappa shape index (κ1) is 15.9. The van der Waals surface area contributed by atoms with Gasteiger partial charge in [0.2, 0.25) is 0 Å². The van der Waals surface area contributed by atoms with Crippen LogP contribution in [0.2, 0.25) is 0 Å². The molecule has 0 aromatic rings. The minimum atomic E-state index is 0.786. The van der Waals surface area contributed by atoms with Gasteiger partial charge < -0.3 is 0 Å². The molecule has 0 heterocycles. The van der Waals surface area contributed by atoms with E-state index < -0.39 is 0 Å². The topological polar surface area (TPSA) is 0 Å². The van der Waals surface area contributed by atoms with Crippen LogP contribution in [-0.2, 0) is 0 Å². The molecule has 112 valence electrons. The zero-order chi connectivity index (χ0) is 13.7. The number of halogens is 1. The monoisotopic (exact) mass is 328 g/mol. The average Bonchev–Trinajstić information content (AvgIpc) is 2.48. The van der Waals surface area contributed by atoms with Gasteiger partial charge in [-0.15, -0.1) is 0 Å². The minimum absolute atomic E-state index is 0.786. The molecule has 0 bridgehead atoms. The zero-order valence-electron chi connectivity index (χ0n) is 13.0. The van der Waals surface area contributed by atoms with Crippen LogP contribution in [0.1, 0.15) is 84.5 Å². The third kappa shape index (κ3) is 4.48. The third-order valence-electron chi connectivity index (χ3n) is 5.97. The minimum Gasteiger partial charge on any atom is -0.0888 e. The largest absolute Gasteiger partial charge is 0.0888 e. The highest BCUT2D eigenvalue weighted by molar-refractivity contribution is 9.09. The van der Waals surface area contributed by atoms with Gasteiger partial charge >= 0.3 is 0 Å². The smallest absolute Gasteiger partial charge is 0.0171 e. The normalized spacial score (nSPS) is 38.1. The molecule has 1 heteroatoms. The van der Waals surface area contributed by atoms with Gasteiger partial charge in [0.25, 0.3) is 0 Å². The molecule has 0 nitrogen and oxygen atoms in total. The van der Waals surface area contributed by atoms with Crippen LogP contribution >= 0.6 is 15.9 Å². The fourth-order valence-corrected chi connectivity index (χ4v) is 5.20. The van der Waals surface area contributed by atoms with E-state index in [1.807, 2.05) is 0 Å². The Morgan fingerprint density at radius 2 is 1.37 bits per heavy atom. The molecule has 0 spiro atoms. The predicted molar refractivity (Wildman–Crippen MR) is 88.8 cm³/mol. The number of alkyl halides is 1. The highest BCUT2D eigenvalue weighted by Gasteiger charge is 2.32. The molecule has 2 aliphatic rings. The molecular formula is C18H33Br. The Morgan fingerprint density at radius 1 is 0.842 bits per heavy atom. The molecule has 0 aromatic heterocycles. The standard InChI is InChI=1S/C18H33Br/c1-3-5-14-6-8-15(9-7-14)16-10-12-17(13-11-16)18(19)4-2/h14-18H,3-13H2,1-2H3. The van der Waals surface area contributed by atoms with Gasteiger partial charge in [0.05, 0.1) is 0 Å². The Hall–Kier alpha value is 0.480. The summed E-state index contributed by atoms with van der Waals surface area (Å²) >= 11 is 3.88. The maximum Gasteiger partial charge on any atom is 0.0171 e. The third-order valence-corrected chi connectivity index (χ3v) is 7.37. The first-order chi connectivity index (χ1) is 9.24. The molecule has 0 aromatic carbocycles. The summed E-state index contributed by atoms with van der Waals surface area (Å²) in [4.78, 5) is 0.786. The Labute approximate surface area is 129 Å². The summed E-state index contributed by atoms with van der Waals surface area (Å²) in [6.45, 7) is 4.66. The average molecular weight is 329 g/mol. The van der Waals surface area contributed by atoms with Gasteiger partial charge in [-0.05, 0) is 68.6 Å². The van der Waals surface area contributed by atoms with Gasteiger partial charge in [-0.1, -0.05) is 55.5 Å². The fraction of sp³-hybridized carbons (Fsp3) is 1.00. The molecule has 2 aliphatic carbocycles. The maximum absolute atomic E-state index is 3.88. The first-order valence-electron chi connectivity index (χ1n) is 8.88. The van der Waals surface area contributed by atoms with Gasteiger partial charge in [0, 0.05) is 4.83 Å². The predicted octanol–water partition coefficient (Wildman–Crippen LogP) is 6.57. The number of hydrogen-bond donors (Lipinski definition) is 0. The molecule has 0 aliphatic heterocycles. The zero-order valence-corrected chi connectivity index (χ0v) is 14.6. The van der Waals surface area contributed by atoms with E-state index in [9.17, 15) is 0 Å². The summed E-state index contributed by atoms with van der Waals surface area (Å²) in [6.07, 6.45) is 16.4. The van der Waals surface area contributed by atoms with Crippen LogP contribution in [0.3, 0.4) is 0 Å². The van der Waals surface area contributed by atoms with Crippen LogP contribution in [-0.4, -0.2) is 4.83 Å². The SMILES string of the molecule is CCCC1CCC(C2CCC(C(Br)CC)CC2)CC1. The molecule has 0 saturated heterocycles. The second-order valence-electron chi connectivity index (χ2n) is 7.17. The van der Waals surface area contributed by atoms with E-state index in [4.69, 9.17) is 0 Å². The Balaban J connectivity index is 1.71. The van der Waals surface area contributed by atoms with Crippen LogP contribution in [0.5, 0.6) is 0 Å². The molecule has 1 atom stereocenters. The lowest BCUT2D eigenvalue weighted by Crippen LogP contribution is -2.28. The van der Waals surface area contributed by atoms with Crippen molar-refractivity contribution in [2.75, 3.05) is 0 Å². The van der Waals surface area contributed by atoms with Crippen molar-refractivity contribution in [2.24, 2.45) is 23.7 Å². The Kier molecular flexibility index (Phi) is 6.72. The second-order valence-corrected chi connectivity index (χ2v) is 8.34. The van der Waals surface area contributed by atoms with Gasteiger partial charge in [-0.2, -0.15) is 0 Å². The van der Waals surface area contributed by atoms with E-state index in [0.29, 0.717) is 0 Å². The molecule has 2 fully saturated rings. The van der Waals surface area contributed by atoms with Crippen LogP contribution in [0.4, 0.5) is 0 Å². The van der Waals surface area contributed by atoms with Crippen molar-refractivity contribution in [1.29, 1.82) is 0 Å². The molecule has 0 radical (unpaired) electrons. The molecule has 2 rings (SSSR count). The first-order valence-corrected chi connectivity index (χ1v) is 9.80. The summed E-state index contributed by atoms with van der Waals surface area (Å²) < 4.78 is 0. The molecule has 19 heavy (non-hydrogen) atoms. The van der Waals surface area contributed by atoms with Crippen molar-refractivity contribution in [3.63, 3.8) is 0 Å². The quantitative estimate of drug-likeness (QED) is 0.500. The van der Waals surface area contributed by atoms with Crippen molar-refractivity contribution >= 4 is 15.9 Å². The van der Waals surface area contributed by atoms with E-state index in [0.717, 1.165) is 28.5 Å². The molecule has 0 amide bonds. The van der Waals surface area contributed by atoms with Crippen LogP contribution in [0.25, 0.3) is 0 Å². The van der Waals surface area contributed by atoms with Crippen molar-refractivity contribution in [3.8, 4) is 0 Å². The van der Waals surface area contributed by atoms with Crippen LogP contribution in [0, 0.1) is 23.7 Å². The van der Waals surface area contributed by atoms with Crippen LogP contribution < -0.4 is 0 Å². The number of hydrogen-bond acceptors (Lipinski definition) is 0. The van der Waals surface area contributed by atoms with Gasteiger partial charge in [0.1, 0.15) is 0 Å². The van der Waals surface area contributed by atoms with Crippen molar-refractivity contribution in [1.82, 2.24) is 0 Å². The summed E-state index contributed by atoms with van der Waals surface area (Å²) in [6, 6.07) is 0. The molecule has 0 N–H and O–H groups in total. The molecule has 2 saturated carbocycles. The van der Waals surface area contributed by atoms with Gasteiger partial charge in [0.15, 0.2) is 0 Å². The Bertz CT molecular complexity index is 234.